The molecule has 0 aliphatic heterocycles. The Bertz CT molecular complexity index is 688. The van der Waals surface area contributed by atoms with E-state index >= 15 is 0 Å². The van der Waals surface area contributed by atoms with E-state index in [4.69, 9.17) is 20.9 Å². The molecule has 0 unspecified atom stereocenters. The standard InChI is InChI=1S/C12H9ClF3N3O3/c1-21-5-8-9(13)11(22-19-8)18-10(20)6-4-17-3-2-7(6)12(14,15)16/h2-4H,5H2,1H3,(H,18,20). The predicted molar refractivity (Wildman–Crippen MR) is 69.4 cm³/mol. The number of alkyl halides is 3. The lowest BCUT2D eigenvalue weighted by Crippen LogP contribution is -2.19. The number of anilines is 1. The third kappa shape index (κ3) is 3.37. The molecule has 0 radical (unpaired) electrons. The lowest BCUT2D eigenvalue weighted by Gasteiger charge is -2.11. The summed E-state index contributed by atoms with van der Waals surface area (Å²) in [5.74, 6) is -1.34. The van der Waals surface area contributed by atoms with Gasteiger partial charge in [0.15, 0.2) is 0 Å². The Morgan fingerprint density at radius 1 is 1.50 bits per heavy atom. The molecule has 0 atom stereocenters. The van der Waals surface area contributed by atoms with Crippen LogP contribution in [0.4, 0.5) is 19.1 Å². The van der Waals surface area contributed by atoms with Crippen molar-refractivity contribution in [1.29, 1.82) is 0 Å². The number of amides is 1. The van der Waals surface area contributed by atoms with Crippen LogP contribution in [-0.4, -0.2) is 23.2 Å². The zero-order valence-electron chi connectivity index (χ0n) is 11.1. The second-order valence-electron chi connectivity index (χ2n) is 4.08. The minimum absolute atomic E-state index is 0.0267. The fraction of sp³-hybridized carbons (Fsp3) is 0.250. The van der Waals surface area contributed by atoms with E-state index in [1.807, 2.05) is 0 Å². The molecule has 0 aromatic carbocycles. The molecular formula is C12H9ClF3N3O3. The molecule has 0 aliphatic rings. The topological polar surface area (TPSA) is 77.3 Å². The van der Waals surface area contributed by atoms with Crippen LogP contribution in [0.15, 0.2) is 23.0 Å². The van der Waals surface area contributed by atoms with Crippen molar-refractivity contribution in [3.05, 3.63) is 40.3 Å². The molecule has 0 saturated heterocycles. The van der Waals surface area contributed by atoms with Gasteiger partial charge in [-0.05, 0) is 6.07 Å². The third-order valence-corrected chi connectivity index (χ3v) is 2.97. The van der Waals surface area contributed by atoms with E-state index in [0.717, 1.165) is 12.4 Å². The summed E-state index contributed by atoms with van der Waals surface area (Å²) in [5, 5.41) is 5.61. The van der Waals surface area contributed by atoms with Crippen molar-refractivity contribution >= 4 is 23.4 Å². The summed E-state index contributed by atoms with van der Waals surface area (Å²) in [6.45, 7) is 0.0267. The first kappa shape index (κ1) is 16.2. The molecule has 0 aliphatic carbocycles. The van der Waals surface area contributed by atoms with E-state index in [0.29, 0.717) is 6.07 Å². The second-order valence-corrected chi connectivity index (χ2v) is 4.46. The van der Waals surface area contributed by atoms with E-state index in [2.05, 4.69) is 15.5 Å². The maximum Gasteiger partial charge on any atom is 0.417 e. The molecule has 2 aromatic rings. The van der Waals surface area contributed by atoms with E-state index in [9.17, 15) is 18.0 Å². The van der Waals surface area contributed by atoms with E-state index in [1.165, 1.54) is 7.11 Å². The Balaban J connectivity index is 2.27. The summed E-state index contributed by atoms with van der Waals surface area (Å²) in [4.78, 5) is 15.5. The minimum Gasteiger partial charge on any atom is -0.378 e. The highest BCUT2D eigenvalue weighted by atomic mass is 35.5. The van der Waals surface area contributed by atoms with Gasteiger partial charge in [0.25, 0.3) is 11.8 Å². The SMILES string of the molecule is COCc1noc(NC(=O)c2cnccc2C(F)(F)F)c1Cl. The lowest BCUT2D eigenvalue weighted by molar-refractivity contribution is -0.138. The van der Waals surface area contributed by atoms with Crippen LogP contribution in [0.25, 0.3) is 0 Å². The Labute approximate surface area is 127 Å². The highest BCUT2D eigenvalue weighted by molar-refractivity contribution is 6.34. The number of carbonyl (C=O) groups is 1. The maximum absolute atomic E-state index is 12.8. The Hall–Kier alpha value is -2.13. The highest BCUT2D eigenvalue weighted by Crippen LogP contribution is 2.32. The van der Waals surface area contributed by atoms with Gasteiger partial charge in [-0.25, -0.2) is 0 Å². The fourth-order valence-electron chi connectivity index (χ4n) is 1.61. The Morgan fingerprint density at radius 2 is 2.23 bits per heavy atom. The number of halogens is 4. The monoisotopic (exact) mass is 335 g/mol. The fourth-order valence-corrected chi connectivity index (χ4v) is 1.78. The average molecular weight is 336 g/mol. The maximum atomic E-state index is 12.8. The van der Waals surface area contributed by atoms with Gasteiger partial charge in [-0.15, -0.1) is 0 Å². The van der Waals surface area contributed by atoms with Gasteiger partial charge in [0, 0.05) is 19.5 Å². The number of hydrogen-bond acceptors (Lipinski definition) is 5. The zero-order chi connectivity index (χ0) is 16.3. The van der Waals surface area contributed by atoms with Crippen molar-refractivity contribution in [2.24, 2.45) is 0 Å². The summed E-state index contributed by atoms with van der Waals surface area (Å²) < 4.78 is 48.1. The smallest absolute Gasteiger partial charge is 0.378 e. The van der Waals surface area contributed by atoms with Gasteiger partial charge in [-0.2, -0.15) is 13.2 Å². The van der Waals surface area contributed by atoms with Crippen LogP contribution in [0.5, 0.6) is 0 Å². The molecule has 6 nitrogen and oxygen atoms in total. The van der Waals surface area contributed by atoms with Crippen molar-refractivity contribution < 1.29 is 27.2 Å². The van der Waals surface area contributed by atoms with Gasteiger partial charge < -0.3 is 9.26 Å². The molecule has 0 bridgehead atoms. The molecule has 10 heteroatoms. The molecule has 0 fully saturated rings. The minimum atomic E-state index is -4.69. The first-order valence-corrected chi connectivity index (χ1v) is 6.18. The van der Waals surface area contributed by atoms with Crippen molar-refractivity contribution in [2.45, 2.75) is 12.8 Å². The number of methoxy groups -OCH3 is 1. The van der Waals surface area contributed by atoms with Gasteiger partial charge >= 0.3 is 6.18 Å². The number of hydrogen-bond donors (Lipinski definition) is 1. The molecule has 0 saturated carbocycles. The number of ether oxygens (including phenoxy) is 1. The Kier molecular flexibility index (Phi) is 4.67. The number of aromatic nitrogens is 2. The van der Waals surface area contributed by atoms with Crippen LogP contribution in [0.2, 0.25) is 5.02 Å². The van der Waals surface area contributed by atoms with Gasteiger partial charge in [0.05, 0.1) is 17.7 Å². The summed E-state index contributed by atoms with van der Waals surface area (Å²) in [6, 6.07) is 0.702. The van der Waals surface area contributed by atoms with Crippen LogP contribution in [0.3, 0.4) is 0 Å². The van der Waals surface area contributed by atoms with Gasteiger partial charge in [0.1, 0.15) is 10.7 Å². The third-order valence-electron chi connectivity index (χ3n) is 2.58. The van der Waals surface area contributed by atoms with Gasteiger partial charge in [-0.1, -0.05) is 16.8 Å². The Morgan fingerprint density at radius 3 is 2.86 bits per heavy atom. The van der Waals surface area contributed by atoms with E-state index in [1.54, 1.807) is 0 Å². The number of rotatable bonds is 4. The van der Waals surface area contributed by atoms with Crippen LogP contribution in [-0.2, 0) is 17.5 Å². The largest absolute Gasteiger partial charge is 0.417 e. The quantitative estimate of drug-likeness (QED) is 0.928. The van der Waals surface area contributed by atoms with Crippen LogP contribution >= 0.6 is 11.6 Å². The molecule has 1 N–H and O–H groups in total. The number of nitrogens with zero attached hydrogens (tertiary/aromatic N) is 2. The van der Waals surface area contributed by atoms with Crippen LogP contribution in [0, 0.1) is 0 Å². The second kappa shape index (κ2) is 6.32. The number of nitrogens with one attached hydrogen (secondary N) is 1. The first-order chi connectivity index (χ1) is 10.3. The number of carbonyl (C=O) groups excluding carboxylic acids is 1. The van der Waals surface area contributed by atoms with Crippen molar-refractivity contribution in [3.8, 4) is 0 Å². The zero-order valence-corrected chi connectivity index (χ0v) is 11.8. The van der Waals surface area contributed by atoms with Crippen LogP contribution in [0.1, 0.15) is 21.6 Å². The summed E-state index contributed by atoms with van der Waals surface area (Å²) in [6.07, 6.45) is -2.95. The molecule has 22 heavy (non-hydrogen) atoms. The normalized spacial score (nSPS) is 11.5. The molecular weight excluding hydrogens is 327 g/mol. The molecule has 0 spiro atoms. The molecule has 1 amide bonds. The predicted octanol–water partition coefficient (Wildman–Crippen LogP) is 3.14. The lowest BCUT2D eigenvalue weighted by atomic mass is 10.1. The van der Waals surface area contributed by atoms with E-state index < -0.39 is 23.2 Å². The highest BCUT2D eigenvalue weighted by Gasteiger charge is 2.35. The molecule has 2 aromatic heterocycles. The molecule has 118 valence electrons. The molecule has 2 rings (SSSR count). The van der Waals surface area contributed by atoms with Crippen LogP contribution < -0.4 is 5.32 Å². The number of pyridine rings is 1. The summed E-state index contributed by atoms with van der Waals surface area (Å²) in [7, 11) is 1.40. The van der Waals surface area contributed by atoms with E-state index in [-0.39, 0.29) is 23.2 Å². The summed E-state index contributed by atoms with van der Waals surface area (Å²) in [5.41, 5.74) is -1.56. The van der Waals surface area contributed by atoms with Crippen molar-refractivity contribution in [3.63, 3.8) is 0 Å². The summed E-state index contributed by atoms with van der Waals surface area (Å²) >= 11 is 5.88. The first-order valence-electron chi connectivity index (χ1n) is 5.80. The van der Waals surface area contributed by atoms with Crippen molar-refractivity contribution in [2.75, 3.05) is 12.4 Å². The molecule has 2 heterocycles. The van der Waals surface area contributed by atoms with Crippen molar-refractivity contribution in [1.82, 2.24) is 10.1 Å². The van der Waals surface area contributed by atoms with Gasteiger partial charge in [-0.3, -0.25) is 15.1 Å². The average Bonchev–Trinajstić information content (AvgIpc) is 2.80. The van der Waals surface area contributed by atoms with Gasteiger partial charge in [0.2, 0.25) is 0 Å².